The molecule has 4 fully saturated rings. The highest BCUT2D eigenvalue weighted by atomic mass is 16.2. The fourth-order valence-corrected chi connectivity index (χ4v) is 4.90. The number of nitrogens with zero attached hydrogens (tertiary/aromatic N) is 2. The minimum atomic E-state index is -0.0463. The third-order valence-corrected chi connectivity index (χ3v) is 5.54. The number of rotatable bonds is 2. The van der Waals surface area contributed by atoms with Gasteiger partial charge >= 0.3 is 0 Å². The molecule has 4 nitrogen and oxygen atoms in total. The van der Waals surface area contributed by atoms with Gasteiger partial charge in [-0.2, -0.15) is 0 Å². The number of aryl methyl sites for hydroxylation is 1. The Labute approximate surface area is 119 Å². The highest BCUT2D eigenvalue weighted by molar-refractivity contribution is 5.92. The van der Waals surface area contributed by atoms with Crippen LogP contribution in [0.25, 0.3) is 0 Å². The van der Waals surface area contributed by atoms with Crippen LogP contribution >= 0.6 is 0 Å². The number of aromatic nitrogens is 2. The first-order valence-electron chi connectivity index (χ1n) is 7.78. The molecule has 106 valence electrons. The maximum Gasteiger partial charge on any atom is 0.271 e. The van der Waals surface area contributed by atoms with Crippen LogP contribution < -0.4 is 5.32 Å². The van der Waals surface area contributed by atoms with E-state index in [1.807, 2.05) is 6.92 Å². The van der Waals surface area contributed by atoms with Crippen molar-refractivity contribution < 1.29 is 4.79 Å². The zero-order valence-corrected chi connectivity index (χ0v) is 11.9. The largest absolute Gasteiger partial charge is 0.347 e. The summed E-state index contributed by atoms with van der Waals surface area (Å²) in [6.45, 7) is 1.88. The molecule has 1 N–H and O–H groups in total. The molecule has 0 aromatic carbocycles. The monoisotopic (exact) mass is 271 g/mol. The summed E-state index contributed by atoms with van der Waals surface area (Å²) in [5.41, 5.74) is 1.29. The molecule has 4 bridgehead atoms. The summed E-state index contributed by atoms with van der Waals surface area (Å²) >= 11 is 0. The second-order valence-corrected chi connectivity index (χ2v) is 6.97. The lowest BCUT2D eigenvalue weighted by Crippen LogP contribution is -2.55. The molecule has 0 unspecified atom stereocenters. The van der Waals surface area contributed by atoms with E-state index in [0.717, 1.165) is 17.5 Å². The minimum absolute atomic E-state index is 0.0463. The van der Waals surface area contributed by atoms with Crippen molar-refractivity contribution in [3.05, 3.63) is 23.8 Å². The molecule has 0 spiro atoms. The summed E-state index contributed by atoms with van der Waals surface area (Å²) in [7, 11) is 0. The molecular weight excluding hydrogens is 250 g/mol. The van der Waals surface area contributed by atoms with Gasteiger partial charge in [-0.3, -0.25) is 9.78 Å². The average molecular weight is 271 g/mol. The molecular formula is C16H21N3O. The van der Waals surface area contributed by atoms with Gasteiger partial charge in [-0.05, 0) is 62.7 Å². The van der Waals surface area contributed by atoms with E-state index in [-0.39, 0.29) is 5.91 Å². The number of nitrogens with one attached hydrogen (secondary N) is 1. The molecule has 4 aliphatic rings. The van der Waals surface area contributed by atoms with Crippen LogP contribution in [0.5, 0.6) is 0 Å². The van der Waals surface area contributed by atoms with Gasteiger partial charge in [0.25, 0.3) is 5.91 Å². The van der Waals surface area contributed by atoms with Gasteiger partial charge in [-0.25, -0.2) is 4.98 Å². The van der Waals surface area contributed by atoms with Crippen molar-refractivity contribution in [1.29, 1.82) is 0 Å². The highest BCUT2D eigenvalue weighted by Gasteiger charge is 2.48. The van der Waals surface area contributed by atoms with Crippen LogP contribution in [0.4, 0.5) is 0 Å². The summed E-state index contributed by atoms with van der Waals surface area (Å²) in [5.74, 6) is 3.23. The van der Waals surface area contributed by atoms with Crippen molar-refractivity contribution in [3.8, 4) is 0 Å². The molecule has 0 saturated heterocycles. The predicted molar refractivity (Wildman–Crippen MR) is 75.1 cm³/mol. The third kappa shape index (κ3) is 2.02. The first kappa shape index (κ1) is 12.3. The maximum atomic E-state index is 12.3. The fourth-order valence-electron chi connectivity index (χ4n) is 4.90. The van der Waals surface area contributed by atoms with Crippen LogP contribution in [0.3, 0.4) is 0 Å². The van der Waals surface area contributed by atoms with Gasteiger partial charge in [0.05, 0.1) is 11.9 Å². The molecule has 1 heterocycles. The molecule has 4 saturated carbocycles. The Morgan fingerprint density at radius 2 is 1.70 bits per heavy atom. The van der Waals surface area contributed by atoms with Gasteiger partial charge in [0, 0.05) is 12.2 Å². The number of carbonyl (C=O) groups is 1. The van der Waals surface area contributed by atoms with E-state index in [1.165, 1.54) is 32.1 Å². The molecule has 5 rings (SSSR count). The van der Waals surface area contributed by atoms with E-state index in [4.69, 9.17) is 0 Å². The normalized spacial score (nSPS) is 38.0. The van der Waals surface area contributed by atoms with Crippen LogP contribution in [-0.2, 0) is 0 Å². The molecule has 0 aliphatic heterocycles. The topological polar surface area (TPSA) is 54.9 Å². The van der Waals surface area contributed by atoms with Crippen LogP contribution in [-0.4, -0.2) is 21.9 Å². The van der Waals surface area contributed by atoms with Gasteiger partial charge in [-0.15, -0.1) is 0 Å². The average Bonchev–Trinajstić information content (AvgIpc) is 2.42. The lowest BCUT2D eigenvalue weighted by Gasteiger charge is -2.54. The first-order valence-corrected chi connectivity index (χ1v) is 7.78. The molecule has 4 aliphatic carbocycles. The Kier molecular flexibility index (Phi) is 2.79. The summed E-state index contributed by atoms with van der Waals surface area (Å²) < 4.78 is 0. The summed E-state index contributed by atoms with van der Waals surface area (Å²) in [5, 5.41) is 3.26. The number of carbonyl (C=O) groups excluding carboxylic acids is 1. The Morgan fingerprint density at radius 1 is 1.05 bits per heavy atom. The third-order valence-electron chi connectivity index (χ3n) is 5.54. The van der Waals surface area contributed by atoms with Crippen molar-refractivity contribution in [3.63, 3.8) is 0 Å². The van der Waals surface area contributed by atoms with E-state index in [0.29, 0.717) is 23.6 Å². The SMILES string of the molecule is Cc1cnc(C(=O)NC2C3CC4CC(C3)CC2C4)cn1. The van der Waals surface area contributed by atoms with Gasteiger partial charge in [0.1, 0.15) is 5.69 Å². The second-order valence-electron chi connectivity index (χ2n) is 6.97. The summed E-state index contributed by atoms with van der Waals surface area (Å²) in [4.78, 5) is 20.7. The van der Waals surface area contributed by atoms with Crippen molar-refractivity contribution in [1.82, 2.24) is 15.3 Å². The molecule has 1 aromatic rings. The second kappa shape index (κ2) is 4.54. The molecule has 0 radical (unpaired) electrons. The number of amides is 1. The number of hydrogen-bond donors (Lipinski definition) is 1. The Morgan fingerprint density at radius 3 is 2.25 bits per heavy atom. The van der Waals surface area contributed by atoms with Crippen molar-refractivity contribution in [2.75, 3.05) is 0 Å². The van der Waals surface area contributed by atoms with Gasteiger partial charge in [0.15, 0.2) is 0 Å². The molecule has 20 heavy (non-hydrogen) atoms. The molecule has 1 amide bonds. The summed E-state index contributed by atoms with van der Waals surface area (Å²) in [6.07, 6.45) is 9.95. The van der Waals surface area contributed by atoms with Crippen molar-refractivity contribution in [2.45, 2.75) is 45.1 Å². The van der Waals surface area contributed by atoms with Crippen LogP contribution in [0.2, 0.25) is 0 Å². The van der Waals surface area contributed by atoms with E-state index in [1.54, 1.807) is 12.4 Å². The predicted octanol–water partition coefficient (Wildman–Crippen LogP) is 2.34. The Balaban J connectivity index is 1.49. The minimum Gasteiger partial charge on any atom is -0.347 e. The van der Waals surface area contributed by atoms with Crippen LogP contribution in [0.1, 0.15) is 48.3 Å². The molecule has 0 atom stereocenters. The van der Waals surface area contributed by atoms with Crippen molar-refractivity contribution >= 4 is 5.91 Å². The Bertz CT molecular complexity index is 497. The lowest BCUT2D eigenvalue weighted by atomic mass is 9.54. The van der Waals surface area contributed by atoms with E-state index >= 15 is 0 Å². The summed E-state index contributed by atoms with van der Waals surface area (Å²) in [6, 6.07) is 0.374. The van der Waals surface area contributed by atoms with E-state index < -0.39 is 0 Å². The fraction of sp³-hybridized carbons (Fsp3) is 0.688. The van der Waals surface area contributed by atoms with E-state index in [9.17, 15) is 4.79 Å². The molecule has 1 aromatic heterocycles. The zero-order valence-electron chi connectivity index (χ0n) is 11.9. The van der Waals surface area contributed by atoms with Gasteiger partial charge in [0.2, 0.25) is 0 Å². The maximum absolute atomic E-state index is 12.3. The number of hydrogen-bond acceptors (Lipinski definition) is 3. The lowest BCUT2D eigenvalue weighted by molar-refractivity contribution is -0.0120. The van der Waals surface area contributed by atoms with E-state index in [2.05, 4.69) is 15.3 Å². The van der Waals surface area contributed by atoms with Crippen LogP contribution in [0.15, 0.2) is 12.4 Å². The Hall–Kier alpha value is -1.45. The standard InChI is InChI=1S/C16H21N3O/c1-9-7-18-14(8-17-9)16(20)19-15-12-3-10-2-11(5-12)6-13(15)4-10/h7-8,10-13,15H,2-6H2,1H3,(H,19,20). The zero-order chi connectivity index (χ0) is 13.7. The van der Waals surface area contributed by atoms with Crippen LogP contribution in [0, 0.1) is 30.6 Å². The van der Waals surface area contributed by atoms with Crippen molar-refractivity contribution in [2.24, 2.45) is 23.7 Å². The van der Waals surface area contributed by atoms with Gasteiger partial charge < -0.3 is 5.32 Å². The smallest absolute Gasteiger partial charge is 0.271 e. The van der Waals surface area contributed by atoms with Gasteiger partial charge in [-0.1, -0.05) is 0 Å². The quantitative estimate of drug-likeness (QED) is 0.898. The molecule has 4 heteroatoms. The highest BCUT2D eigenvalue weighted by Crippen LogP contribution is 2.53. The first-order chi connectivity index (χ1) is 9.69.